The van der Waals surface area contributed by atoms with Gasteiger partial charge in [-0.15, -0.1) is 0 Å². The number of carbonyl (C=O) groups is 1. The van der Waals surface area contributed by atoms with Gasteiger partial charge in [0.1, 0.15) is 0 Å². The van der Waals surface area contributed by atoms with Crippen molar-refractivity contribution in [3.05, 3.63) is 0 Å². The molecule has 2 fully saturated rings. The third kappa shape index (κ3) is 3.46. The van der Waals surface area contributed by atoms with Gasteiger partial charge in [0, 0.05) is 26.3 Å². The normalized spacial score (nSPS) is 30.4. The summed E-state index contributed by atoms with van der Waals surface area (Å²) in [7, 11) is 1.68. The van der Waals surface area contributed by atoms with Crippen molar-refractivity contribution in [3.8, 4) is 0 Å². The summed E-state index contributed by atoms with van der Waals surface area (Å²) < 4.78 is 5.16. The standard InChI is InChI=1S/C14H27N3O2/c1-19-10-6-14(13(15)18)5-2-9-17(11-14)12-3-7-16-8-4-12/h12,16H,2-11H2,1H3,(H2,15,18). The number of amides is 1. The number of nitrogens with zero attached hydrogens (tertiary/aromatic N) is 1. The van der Waals surface area contributed by atoms with Gasteiger partial charge in [-0.2, -0.15) is 0 Å². The van der Waals surface area contributed by atoms with Crippen LogP contribution in [0.5, 0.6) is 0 Å². The smallest absolute Gasteiger partial charge is 0.225 e. The number of ether oxygens (including phenoxy) is 1. The number of methoxy groups -OCH3 is 1. The average Bonchev–Trinajstić information content (AvgIpc) is 2.46. The fourth-order valence-corrected chi connectivity index (χ4v) is 3.48. The third-order valence-corrected chi connectivity index (χ3v) is 4.74. The van der Waals surface area contributed by atoms with Crippen molar-refractivity contribution < 1.29 is 9.53 Å². The Morgan fingerprint density at radius 2 is 2.21 bits per heavy atom. The molecule has 0 aromatic heterocycles. The molecular weight excluding hydrogens is 242 g/mol. The number of hydrogen-bond donors (Lipinski definition) is 2. The van der Waals surface area contributed by atoms with Gasteiger partial charge in [0.15, 0.2) is 0 Å². The molecule has 2 rings (SSSR count). The van der Waals surface area contributed by atoms with Crippen molar-refractivity contribution in [2.24, 2.45) is 11.1 Å². The van der Waals surface area contributed by atoms with Gasteiger partial charge in [0.25, 0.3) is 0 Å². The number of hydrogen-bond acceptors (Lipinski definition) is 4. The molecule has 5 heteroatoms. The highest BCUT2D eigenvalue weighted by Gasteiger charge is 2.42. The van der Waals surface area contributed by atoms with Gasteiger partial charge < -0.3 is 15.8 Å². The molecule has 2 aliphatic heterocycles. The molecule has 2 saturated heterocycles. The number of primary amides is 1. The summed E-state index contributed by atoms with van der Waals surface area (Å²) >= 11 is 0. The predicted molar refractivity (Wildman–Crippen MR) is 74.8 cm³/mol. The first-order valence-corrected chi connectivity index (χ1v) is 7.41. The van der Waals surface area contributed by atoms with E-state index in [1.54, 1.807) is 7.11 Å². The maximum Gasteiger partial charge on any atom is 0.225 e. The minimum Gasteiger partial charge on any atom is -0.385 e. The van der Waals surface area contributed by atoms with Gasteiger partial charge in [0.2, 0.25) is 5.91 Å². The summed E-state index contributed by atoms with van der Waals surface area (Å²) in [5, 5.41) is 3.39. The SMILES string of the molecule is COCCC1(C(N)=O)CCCN(C2CCNCC2)C1. The van der Waals surface area contributed by atoms with Crippen LogP contribution in [-0.4, -0.2) is 56.7 Å². The van der Waals surface area contributed by atoms with Crippen LogP contribution in [0.1, 0.15) is 32.1 Å². The fraction of sp³-hybridized carbons (Fsp3) is 0.929. The van der Waals surface area contributed by atoms with Crippen molar-refractivity contribution in [3.63, 3.8) is 0 Å². The largest absolute Gasteiger partial charge is 0.385 e. The average molecular weight is 269 g/mol. The molecule has 2 heterocycles. The molecule has 19 heavy (non-hydrogen) atoms. The number of nitrogens with two attached hydrogens (primary N) is 1. The molecular formula is C14H27N3O2. The Morgan fingerprint density at radius 1 is 1.47 bits per heavy atom. The van der Waals surface area contributed by atoms with Gasteiger partial charge in [0.05, 0.1) is 5.41 Å². The Balaban J connectivity index is 2.01. The van der Waals surface area contributed by atoms with E-state index in [9.17, 15) is 4.79 Å². The second-order valence-electron chi connectivity index (χ2n) is 5.94. The number of carbonyl (C=O) groups excluding carboxylic acids is 1. The van der Waals surface area contributed by atoms with Crippen LogP contribution >= 0.6 is 0 Å². The zero-order valence-electron chi connectivity index (χ0n) is 12.0. The lowest BCUT2D eigenvalue weighted by molar-refractivity contribution is -0.133. The zero-order chi connectivity index (χ0) is 13.7. The van der Waals surface area contributed by atoms with Crippen molar-refractivity contribution in [2.75, 3.05) is 39.9 Å². The van der Waals surface area contributed by atoms with Crippen molar-refractivity contribution in [1.82, 2.24) is 10.2 Å². The van der Waals surface area contributed by atoms with Gasteiger partial charge in [-0.1, -0.05) is 0 Å². The molecule has 1 unspecified atom stereocenters. The second-order valence-corrected chi connectivity index (χ2v) is 5.94. The number of likely N-dealkylation sites (tertiary alicyclic amines) is 1. The van der Waals surface area contributed by atoms with Crippen LogP contribution < -0.4 is 11.1 Å². The zero-order valence-corrected chi connectivity index (χ0v) is 12.0. The highest BCUT2D eigenvalue weighted by Crippen LogP contribution is 2.35. The first kappa shape index (κ1) is 14.8. The van der Waals surface area contributed by atoms with E-state index in [0.29, 0.717) is 12.6 Å². The van der Waals surface area contributed by atoms with E-state index in [2.05, 4.69) is 10.2 Å². The summed E-state index contributed by atoms with van der Waals surface area (Å²) in [6, 6.07) is 0.614. The van der Waals surface area contributed by atoms with Gasteiger partial charge in [-0.05, 0) is 51.7 Å². The third-order valence-electron chi connectivity index (χ3n) is 4.74. The van der Waals surface area contributed by atoms with Crippen LogP contribution in [0.4, 0.5) is 0 Å². The maximum absolute atomic E-state index is 11.9. The Labute approximate surface area is 115 Å². The lowest BCUT2D eigenvalue weighted by atomic mass is 9.76. The van der Waals surface area contributed by atoms with E-state index in [1.807, 2.05) is 0 Å². The first-order chi connectivity index (χ1) is 9.18. The van der Waals surface area contributed by atoms with Crippen molar-refractivity contribution >= 4 is 5.91 Å². The van der Waals surface area contributed by atoms with E-state index in [4.69, 9.17) is 10.5 Å². The van der Waals surface area contributed by atoms with Crippen molar-refractivity contribution in [2.45, 2.75) is 38.1 Å². The number of nitrogens with one attached hydrogen (secondary N) is 1. The summed E-state index contributed by atoms with van der Waals surface area (Å²) in [4.78, 5) is 14.4. The predicted octanol–water partition coefficient (Wildman–Crippen LogP) is 0.342. The number of rotatable bonds is 5. The van der Waals surface area contributed by atoms with Crippen molar-refractivity contribution in [1.29, 1.82) is 0 Å². The van der Waals surface area contributed by atoms with Crippen LogP contribution in [0.2, 0.25) is 0 Å². The molecule has 0 aliphatic carbocycles. The first-order valence-electron chi connectivity index (χ1n) is 7.41. The Bertz CT molecular complexity index is 305. The topological polar surface area (TPSA) is 67.6 Å². The summed E-state index contributed by atoms with van der Waals surface area (Å²) in [5.74, 6) is -0.150. The molecule has 0 aromatic carbocycles. The Kier molecular flexibility index (Phi) is 5.19. The lowest BCUT2D eigenvalue weighted by Gasteiger charge is -2.45. The highest BCUT2D eigenvalue weighted by molar-refractivity contribution is 5.81. The molecule has 5 nitrogen and oxygen atoms in total. The molecule has 0 bridgehead atoms. The molecule has 3 N–H and O–H groups in total. The molecule has 0 saturated carbocycles. The number of piperidine rings is 2. The van der Waals surface area contributed by atoms with Crippen LogP contribution in [-0.2, 0) is 9.53 Å². The van der Waals surface area contributed by atoms with E-state index < -0.39 is 0 Å². The van der Waals surface area contributed by atoms with Crippen LogP contribution in [0.15, 0.2) is 0 Å². The Hall–Kier alpha value is -0.650. The minimum absolute atomic E-state index is 0.150. The molecule has 1 amide bonds. The summed E-state index contributed by atoms with van der Waals surface area (Å²) in [6.45, 7) is 4.71. The van der Waals surface area contributed by atoms with Crippen LogP contribution in [0.25, 0.3) is 0 Å². The monoisotopic (exact) mass is 269 g/mol. The summed E-state index contributed by atoms with van der Waals surface area (Å²) in [6.07, 6.45) is 5.09. The van der Waals surface area contributed by atoms with Crippen LogP contribution in [0, 0.1) is 5.41 Å². The van der Waals surface area contributed by atoms with Gasteiger partial charge in [-0.3, -0.25) is 9.69 Å². The van der Waals surface area contributed by atoms with E-state index >= 15 is 0 Å². The quantitative estimate of drug-likeness (QED) is 0.755. The molecule has 0 radical (unpaired) electrons. The molecule has 2 aliphatic rings. The maximum atomic E-state index is 11.9. The van der Waals surface area contributed by atoms with Gasteiger partial charge in [-0.25, -0.2) is 0 Å². The minimum atomic E-state index is -0.376. The second kappa shape index (κ2) is 6.68. The molecule has 0 aromatic rings. The van der Waals surface area contributed by atoms with Gasteiger partial charge >= 0.3 is 0 Å². The van der Waals surface area contributed by atoms with E-state index in [1.165, 1.54) is 12.8 Å². The van der Waals surface area contributed by atoms with E-state index in [0.717, 1.165) is 45.4 Å². The highest BCUT2D eigenvalue weighted by atomic mass is 16.5. The molecule has 110 valence electrons. The lowest BCUT2D eigenvalue weighted by Crippen LogP contribution is -2.55. The summed E-state index contributed by atoms with van der Waals surface area (Å²) in [5.41, 5.74) is 5.33. The van der Waals surface area contributed by atoms with E-state index in [-0.39, 0.29) is 11.3 Å². The molecule has 1 atom stereocenters. The Morgan fingerprint density at radius 3 is 2.84 bits per heavy atom. The van der Waals surface area contributed by atoms with Crippen LogP contribution in [0.3, 0.4) is 0 Å². The fourth-order valence-electron chi connectivity index (χ4n) is 3.48. The molecule has 0 spiro atoms.